The quantitative estimate of drug-likeness (QED) is 0.350. The van der Waals surface area contributed by atoms with Crippen LogP contribution in [0.3, 0.4) is 0 Å². The molecule has 0 radical (unpaired) electrons. The summed E-state index contributed by atoms with van der Waals surface area (Å²) in [6.07, 6.45) is 2.87. The zero-order valence-electron chi connectivity index (χ0n) is 22.1. The van der Waals surface area contributed by atoms with Gasteiger partial charge in [0.05, 0.1) is 11.7 Å². The van der Waals surface area contributed by atoms with Crippen molar-refractivity contribution in [3.63, 3.8) is 0 Å². The minimum atomic E-state index is -0.391. The molecule has 0 saturated carbocycles. The number of aryl methyl sites for hydroxylation is 2. The molecule has 37 heavy (non-hydrogen) atoms. The average Bonchev–Trinajstić information content (AvgIpc) is 2.88. The van der Waals surface area contributed by atoms with Crippen LogP contribution in [0.2, 0.25) is 0 Å². The number of amides is 1. The highest BCUT2D eigenvalue weighted by Crippen LogP contribution is 2.32. The Morgan fingerprint density at radius 1 is 1.00 bits per heavy atom. The van der Waals surface area contributed by atoms with E-state index < -0.39 is 6.04 Å². The number of nitrogens with zero attached hydrogens (tertiary/aromatic N) is 3. The third kappa shape index (κ3) is 5.81. The fourth-order valence-electron chi connectivity index (χ4n) is 4.82. The largest absolute Gasteiger partial charge is 0.330 e. The van der Waals surface area contributed by atoms with Crippen LogP contribution in [-0.4, -0.2) is 33.3 Å². The van der Waals surface area contributed by atoms with E-state index in [0.29, 0.717) is 48.4 Å². The van der Waals surface area contributed by atoms with E-state index >= 15 is 0 Å². The van der Waals surface area contributed by atoms with Gasteiger partial charge in [-0.05, 0) is 68.1 Å². The van der Waals surface area contributed by atoms with E-state index in [-0.39, 0.29) is 17.4 Å². The van der Waals surface area contributed by atoms with Crippen LogP contribution < -0.4 is 11.3 Å². The van der Waals surface area contributed by atoms with Gasteiger partial charge in [-0.15, -0.1) is 0 Å². The lowest BCUT2D eigenvalue weighted by Gasteiger charge is -2.35. The van der Waals surface area contributed by atoms with Crippen LogP contribution in [0.4, 0.5) is 0 Å². The molecule has 1 atom stereocenters. The summed E-state index contributed by atoms with van der Waals surface area (Å²) in [4.78, 5) is 34.8. The van der Waals surface area contributed by atoms with Crippen molar-refractivity contribution in [3.05, 3.63) is 117 Å². The first-order valence-electron chi connectivity index (χ1n) is 12.9. The Hall–Kier alpha value is -3.77. The Balaban J connectivity index is 1.93. The second-order valence-corrected chi connectivity index (χ2v) is 10.1. The molecule has 4 aromatic rings. The van der Waals surface area contributed by atoms with Gasteiger partial charge in [-0.2, -0.15) is 0 Å². The van der Waals surface area contributed by atoms with Crippen LogP contribution in [0.5, 0.6) is 0 Å². The van der Waals surface area contributed by atoms with Gasteiger partial charge >= 0.3 is 0 Å². The first-order chi connectivity index (χ1) is 17.8. The summed E-state index contributed by atoms with van der Waals surface area (Å²) in [6.45, 7) is 9.08. The number of nitrogens with two attached hydrogens (primary N) is 1. The van der Waals surface area contributed by atoms with Gasteiger partial charge in [0.25, 0.3) is 11.5 Å². The number of benzene rings is 2. The number of aromatic nitrogens is 2. The molecule has 0 spiro atoms. The molecule has 0 aliphatic heterocycles. The summed E-state index contributed by atoms with van der Waals surface area (Å²) in [7, 11) is 0. The molecule has 2 heterocycles. The van der Waals surface area contributed by atoms with E-state index in [1.54, 1.807) is 10.6 Å². The highest BCUT2D eigenvalue weighted by molar-refractivity contribution is 5.94. The molecule has 192 valence electrons. The van der Waals surface area contributed by atoms with Crippen molar-refractivity contribution in [3.8, 4) is 0 Å². The normalized spacial score (nSPS) is 12.2. The fraction of sp³-hybridized carbons (Fsp3) is 0.323. The number of rotatable bonds is 9. The number of pyridine rings is 1. The molecule has 0 aliphatic carbocycles. The lowest BCUT2D eigenvalue weighted by Crippen LogP contribution is -2.41. The first-order valence-corrected chi connectivity index (χ1v) is 12.9. The highest BCUT2D eigenvalue weighted by atomic mass is 16.2. The minimum absolute atomic E-state index is 0.0147. The zero-order chi connectivity index (χ0) is 26.5. The Morgan fingerprint density at radius 2 is 1.70 bits per heavy atom. The smallest absolute Gasteiger partial charge is 0.261 e. The number of carbonyl (C=O) groups is 1. The van der Waals surface area contributed by atoms with Gasteiger partial charge in [0.2, 0.25) is 0 Å². The third-order valence-electron chi connectivity index (χ3n) is 6.74. The Morgan fingerprint density at radius 3 is 2.35 bits per heavy atom. The fourth-order valence-corrected chi connectivity index (χ4v) is 4.82. The second kappa shape index (κ2) is 11.5. The average molecular weight is 497 g/mol. The van der Waals surface area contributed by atoms with Crippen LogP contribution in [0.1, 0.15) is 64.6 Å². The van der Waals surface area contributed by atoms with E-state index in [2.05, 4.69) is 13.8 Å². The highest BCUT2D eigenvalue weighted by Gasteiger charge is 2.32. The van der Waals surface area contributed by atoms with Crippen molar-refractivity contribution in [1.82, 2.24) is 14.3 Å². The number of fused-ring (bicyclic) bond motifs is 1. The van der Waals surface area contributed by atoms with E-state index in [1.807, 2.05) is 85.5 Å². The maximum Gasteiger partial charge on any atom is 0.261 e. The molecule has 1 amide bonds. The molecule has 2 aromatic heterocycles. The summed E-state index contributed by atoms with van der Waals surface area (Å²) in [5.74, 6) is -0.0649. The SMILES string of the molecule is Cc1ccc(C(=O)N(CCCN)C(c2nc3cc(C)ccn3c(=O)c2Cc2ccccc2)C(C)C)cc1. The van der Waals surface area contributed by atoms with Gasteiger partial charge in [-0.3, -0.25) is 14.0 Å². The maximum atomic E-state index is 13.9. The molecule has 4 rings (SSSR count). The number of hydrogen-bond donors (Lipinski definition) is 1. The molecule has 0 aliphatic rings. The standard InChI is InChI=1S/C31H36N4O2/c1-21(2)29(35(17-8-16-32)30(36)25-13-11-22(3)12-14-25)28-26(20-24-9-6-5-7-10-24)31(37)34-18-15-23(4)19-27(34)33-28/h5-7,9-15,18-19,21,29H,8,16-17,20,32H2,1-4H3. The van der Waals surface area contributed by atoms with Crippen LogP contribution >= 0.6 is 0 Å². The third-order valence-corrected chi connectivity index (χ3v) is 6.74. The Labute approximate surface area is 218 Å². The van der Waals surface area contributed by atoms with Crippen molar-refractivity contribution in [2.75, 3.05) is 13.1 Å². The Kier molecular flexibility index (Phi) is 8.19. The molecule has 0 saturated heterocycles. The molecular weight excluding hydrogens is 460 g/mol. The predicted molar refractivity (Wildman–Crippen MR) is 149 cm³/mol. The van der Waals surface area contributed by atoms with Crippen molar-refractivity contribution < 1.29 is 4.79 Å². The summed E-state index contributed by atoms with van der Waals surface area (Å²) in [5, 5.41) is 0. The van der Waals surface area contributed by atoms with Gasteiger partial charge in [0.15, 0.2) is 0 Å². The lowest BCUT2D eigenvalue weighted by molar-refractivity contribution is 0.0614. The zero-order valence-corrected chi connectivity index (χ0v) is 22.1. The van der Waals surface area contributed by atoms with Crippen molar-refractivity contribution in [2.24, 2.45) is 11.7 Å². The van der Waals surface area contributed by atoms with Crippen LogP contribution in [0, 0.1) is 19.8 Å². The Bertz CT molecular complexity index is 1430. The minimum Gasteiger partial charge on any atom is -0.330 e. The van der Waals surface area contributed by atoms with Crippen molar-refractivity contribution in [2.45, 2.75) is 46.6 Å². The van der Waals surface area contributed by atoms with Crippen LogP contribution in [0.15, 0.2) is 77.7 Å². The second-order valence-electron chi connectivity index (χ2n) is 10.1. The van der Waals surface area contributed by atoms with Crippen LogP contribution in [0.25, 0.3) is 5.65 Å². The molecule has 2 N–H and O–H groups in total. The maximum absolute atomic E-state index is 13.9. The van der Waals surface area contributed by atoms with Gasteiger partial charge < -0.3 is 10.6 Å². The molecule has 2 aromatic carbocycles. The number of carbonyl (C=O) groups excluding carboxylic acids is 1. The summed E-state index contributed by atoms with van der Waals surface area (Å²) < 4.78 is 1.61. The first kappa shape index (κ1) is 26.3. The van der Waals surface area contributed by atoms with Crippen molar-refractivity contribution in [1.29, 1.82) is 0 Å². The summed E-state index contributed by atoms with van der Waals surface area (Å²) >= 11 is 0. The van der Waals surface area contributed by atoms with E-state index in [9.17, 15) is 9.59 Å². The predicted octanol–water partition coefficient (Wildman–Crippen LogP) is 5.09. The lowest BCUT2D eigenvalue weighted by atomic mass is 9.92. The van der Waals surface area contributed by atoms with Crippen LogP contribution in [-0.2, 0) is 6.42 Å². The molecular formula is C31H36N4O2. The molecule has 1 unspecified atom stereocenters. The van der Waals surface area contributed by atoms with Gasteiger partial charge in [-0.25, -0.2) is 4.98 Å². The molecule has 0 fully saturated rings. The van der Waals surface area contributed by atoms with Gasteiger partial charge in [0, 0.05) is 30.3 Å². The van der Waals surface area contributed by atoms with E-state index in [0.717, 1.165) is 16.7 Å². The topological polar surface area (TPSA) is 80.7 Å². The van der Waals surface area contributed by atoms with Crippen molar-refractivity contribution >= 4 is 11.6 Å². The van der Waals surface area contributed by atoms with E-state index in [1.165, 1.54) is 0 Å². The molecule has 0 bridgehead atoms. The number of hydrogen-bond acceptors (Lipinski definition) is 4. The van der Waals surface area contributed by atoms with Gasteiger partial charge in [0.1, 0.15) is 5.65 Å². The van der Waals surface area contributed by atoms with E-state index in [4.69, 9.17) is 10.7 Å². The molecule has 6 heteroatoms. The molecule has 6 nitrogen and oxygen atoms in total. The van der Waals surface area contributed by atoms with Gasteiger partial charge in [-0.1, -0.05) is 61.9 Å². The summed E-state index contributed by atoms with van der Waals surface area (Å²) in [5.41, 5.74) is 11.4. The monoisotopic (exact) mass is 496 g/mol. The summed E-state index contributed by atoms with van der Waals surface area (Å²) in [6, 6.07) is 21.0.